The number of aromatic nitrogens is 1. The fourth-order valence-corrected chi connectivity index (χ4v) is 4.06. The van der Waals surface area contributed by atoms with E-state index in [1.54, 1.807) is 6.26 Å². The predicted octanol–water partition coefficient (Wildman–Crippen LogP) is 4.97. The van der Waals surface area contributed by atoms with Crippen LogP contribution in [0.5, 0.6) is 0 Å². The molecule has 0 spiro atoms. The van der Waals surface area contributed by atoms with Gasteiger partial charge in [0.1, 0.15) is 12.4 Å². The van der Waals surface area contributed by atoms with Gasteiger partial charge in [0.2, 0.25) is 0 Å². The van der Waals surface area contributed by atoms with Crippen LogP contribution in [-0.4, -0.2) is 39.9 Å². The van der Waals surface area contributed by atoms with Crippen LogP contribution < -0.4 is 0 Å². The first kappa shape index (κ1) is 22.8. The van der Waals surface area contributed by atoms with E-state index >= 15 is 0 Å². The molecule has 2 aromatic heterocycles. The normalized spacial score (nSPS) is 15.4. The van der Waals surface area contributed by atoms with Crippen LogP contribution in [0.1, 0.15) is 56.2 Å². The topological polar surface area (TPSA) is 50.8 Å². The smallest absolute Gasteiger partial charge is 0.129 e. The Morgan fingerprint density at radius 2 is 1.91 bits per heavy atom. The summed E-state index contributed by atoms with van der Waals surface area (Å²) >= 11 is 0. The van der Waals surface area contributed by atoms with Crippen LogP contribution in [0.2, 0.25) is 0 Å². The number of rotatable bonds is 11. The Morgan fingerprint density at radius 3 is 2.56 bits per heavy atom. The van der Waals surface area contributed by atoms with Crippen LogP contribution in [0.4, 0.5) is 0 Å². The lowest BCUT2D eigenvalue weighted by molar-refractivity contribution is 0.00216. The zero-order chi connectivity index (χ0) is 22.6. The number of hydrogen-bond donors (Lipinski definition) is 1. The largest absolute Gasteiger partial charge is 0.467 e. The van der Waals surface area contributed by atoms with E-state index in [-0.39, 0.29) is 5.41 Å². The molecule has 0 amide bonds. The number of aliphatic hydroxyl groups is 1. The maximum atomic E-state index is 10.5. The van der Waals surface area contributed by atoms with Gasteiger partial charge in [-0.15, -0.1) is 0 Å². The molecular formula is C27H36N2O3. The van der Waals surface area contributed by atoms with E-state index in [1.165, 1.54) is 29.7 Å². The van der Waals surface area contributed by atoms with E-state index in [4.69, 9.17) is 9.15 Å². The standard InChI is InChI=1S/C27H36N2O3/c1-27(2,3)22-10-8-21(9-11-22)16-28-14-4-6-24(28)17-29(23-12-13-23)18-25(30)19-31-20-26-7-5-15-32-26/h4-11,14-15,23,25,30H,12-13,16-20H2,1-3H3/t25-/m1/s1. The van der Waals surface area contributed by atoms with Gasteiger partial charge in [0.05, 0.1) is 19.0 Å². The molecule has 4 rings (SSSR count). The minimum Gasteiger partial charge on any atom is -0.467 e. The molecule has 3 aromatic rings. The Morgan fingerprint density at radius 1 is 1.12 bits per heavy atom. The highest BCUT2D eigenvalue weighted by atomic mass is 16.5. The molecule has 5 heteroatoms. The monoisotopic (exact) mass is 436 g/mol. The summed E-state index contributed by atoms with van der Waals surface area (Å²) in [5.41, 5.74) is 4.11. The average molecular weight is 437 g/mol. The predicted molar refractivity (Wildman–Crippen MR) is 126 cm³/mol. The van der Waals surface area contributed by atoms with Gasteiger partial charge in [0.25, 0.3) is 0 Å². The van der Waals surface area contributed by atoms with E-state index < -0.39 is 6.10 Å². The van der Waals surface area contributed by atoms with Crippen molar-refractivity contribution in [2.24, 2.45) is 0 Å². The summed E-state index contributed by atoms with van der Waals surface area (Å²) in [5.74, 6) is 0.782. The zero-order valence-electron chi connectivity index (χ0n) is 19.5. The maximum Gasteiger partial charge on any atom is 0.129 e. The number of hydrogen-bond acceptors (Lipinski definition) is 4. The first-order valence-electron chi connectivity index (χ1n) is 11.6. The number of aliphatic hydroxyl groups excluding tert-OH is 1. The maximum absolute atomic E-state index is 10.5. The molecule has 1 aliphatic rings. The molecule has 1 aliphatic carbocycles. The van der Waals surface area contributed by atoms with Crippen molar-refractivity contribution in [1.82, 2.24) is 9.47 Å². The van der Waals surface area contributed by atoms with Crippen LogP contribution in [0, 0.1) is 0 Å². The number of benzene rings is 1. The number of nitrogens with zero attached hydrogens (tertiary/aromatic N) is 2. The van der Waals surface area contributed by atoms with Crippen molar-refractivity contribution in [2.75, 3.05) is 13.2 Å². The molecule has 0 unspecified atom stereocenters. The first-order valence-corrected chi connectivity index (χ1v) is 11.6. The second-order valence-corrected chi connectivity index (χ2v) is 9.98. The van der Waals surface area contributed by atoms with Crippen LogP contribution in [0.3, 0.4) is 0 Å². The molecule has 1 atom stereocenters. The number of ether oxygens (including phenoxy) is 1. The second kappa shape index (κ2) is 10.1. The van der Waals surface area contributed by atoms with E-state index in [0.29, 0.717) is 25.8 Å². The summed E-state index contributed by atoms with van der Waals surface area (Å²) in [5, 5.41) is 10.5. The van der Waals surface area contributed by atoms with Gasteiger partial charge in [0.15, 0.2) is 0 Å². The average Bonchev–Trinajstić information content (AvgIpc) is 3.30. The van der Waals surface area contributed by atoms with Crippen molar-refractivity contribution in [3.05, 3.63) is 83.6 Å². The number of furan rings is 1. The van der Waals surface area contributed by atoms with Crippen molar-refractivity contribution in [2.45, 2.75) is 70.9 Å². The molecule has 2 heterocycles. The molecule has 1 saturated carbocycles. The SMILES string of the molecule is CC(C)(C)c1ccc(Cn2cccc2CN(C[C@@H](O)COCc2ccco2)C2CC2)cc1. The lowest BCUT2D eigenvalue weighted by Crippen LogP contribution is -2.36. The van der Waals surface area contributed by atoms with E-state index in [2.05, 4.69) is 72.8 Å². The fourth-order valence-electron chi connectivity index (χ4n) is 4.06. The van der Waals surface area contributed by atoms with E-state index in [0.717, 1.165) is 18.8 Å². The lowest BCUT2D eigenvalue weighted by Gasteiger charge is -2.25. The van der Waals surface area contributed by atoms with Gasteiger partial charge in [0, 0.05) is 37.6 Å². The van der Waals surface area contributed by atoms with Crippen LogP contribution in [0.25, 0.3) is 0 Å². The van der Waals surface area contributed by atoms with Crippen molar-refractivity contribution >= 4 is 0 Å². The minimum absolute atomic E-state index is 0.171. The van der Waals surface area contributed by atoms with E-state index in [1.807, 2.05) is 12.1 Å². The quantitative estimate of drug-likeness (QED) is 0.461. The molecule has 1 aromatic carbocycles. The Kier molecular flexibility index (Phi) is 7.19. The van der Waals surface area contributed by atoms with Gasteiger partial charge >= 0.3 is 0 Å². The molecule has 0 aliphatic heterocycles. The third kappa shape index (κ3) is 6.35. The molecule has 5 nitrogen and oxygen atoms in total. The highest BCUT2D eigenvalue weighted by molar-refractivity contribution is 5.28. The van der Waals surface area contributed by atoms with Crippen molar-refractivity contribution in [3.8, 4) is 0 Å². The molecule has 1 fully saturated rings. The molecule has 0 bridgehead atoms. The van der Waals surface area contributed by atoms with Crippen LogP contribution >= 0.6 is 0 Å². The van der Waals surface area contributed by atoms with Gasteiger partial charge in [-0.3, -0.25) is 4.90 Å². The summed E-state index contributed by atoms with van der Waals surface area (Å²) in [4.78, 5) is 2.40. The Labute approximate surface area is 191 Å². The van der Waals surface area contributed by atoms with Crippen molar-refractivity contribution in [3.63, 3.8) is 0 Å². The van der Waals surface area contributed by atoms with Gasteiger partial charge < -0.3 is 18.8 Å². The summed E-state index contributed by atoms with van der Waals surface area (Å²) in [6.45, 7) is 9.76. The van der Waals surface area contributed by atoms with Crippen molar-refractivity contribution in [1.29, 1.82) is 0 Å². The molecule has 1 N–H and O–H groups in total. The van der Waals surface area contributed by atoms with Gasteiger partial charge in [-0.05, 0) is 53.6 Å². The Hall–Kier alpha value is -2.34. The lowest BCUT2D eigenvalue weighted by atomic mass is 9.87. The third-order valence-electron chi connectivity index (χ3n) is 6.10. The summed E-state index contributed by atoms with van der Waals surface area (Å²) in [7, 11) is 0. The van der Waals surface area contributed by atoms with Gasteiger partial charge in [-0.1, -0.05) is 45.0 Å². The Balaban J connectivity index is 1.32. The highest BCUT2D eigenvalue weighted by Crippen LogP contribution is 2.29. The highest BCUT2D eigenvalue weighted by Gasteiger charge is 2.30. The summed E-state index contributed by atoms with van der Waals surface area (Å²) < 4.78 is 13.2. The molecule has 0 radical (unpaired) electrons. The molecule has 0 saturated heterocycles. The van der Waals surface area contributed by atoms with Crippen LogP contribution in [0.15, 0.2) is 65.4 Å². The third-order valence-corrected chi connectivity index (χ3v) is 6.10. The molecular weight excluding hydrogens is 400 g/mol. The minimum atomic E-state index is -0.515. The van der Waals surface area contributed by atoms with Crippen molar-refractivity contribution < 1.29 is 14.3 Å². The molecule has 32 heavy (non-hydrogen) atoms. The first-order chi connectivity index (χ1) is 15.4. The van der Waals surface area contributed by atoms with Gasteiger partial charge in [-0.2, -0.15) is 0 Å². The zero-order valence-corrected chi connectivity index (χ0v) is 19.5. The van der Waals surface area contributed by atoms with E-state index in [9.17, 15) is 5.11 Å². The fraction of sp³-hybridized carbons (Fsp3) is 0.481. The summed E-state index contributed by atoms with van der Waals surface area (Å²) in [6, 6.07) is 17.6. The summed E-state index contributed by atoms with van der Waals surface area (Å²) in [6.07, 6.45) is 5.68. The second-order valence-electron chi connectivity index (χ2n) is 9.98. The Bertz CT molecular complexity index is 950. The van der Waals surface area contributed by atoms with Crippen LogP contribution in [-0.2, 0) is 29.8 Å². The van der Waals surface area contributed by atoms with Gasteiger partial charge in [-0.25, -0.2) is 0 Å². The molecule has 172 valence electrons.